The lowest BCUT2D eigenvalue weighted by Crippen LogP contribution is -2.54. The molecule has 1 heterocycles. The van der Waals surface area contributed by atoms with Gasteiger partial charge in [-0.3, -0.25) is 24.6 Å². The molecule has 0 bridgehead atoms. The molecule has 142 valence electrons. The molecule has 0 aliphatic carbocycles. The van der Waals surface area contributed by atoms with Crippen molar-refractivity contribution in [2.24, 2.45) is 5.73 Å². The van der Waals surface area contributed by atoms with Crippen molar-refractivity contribution in [1.82, 2.24) is 5.32 Å². The van der Waals surface area contributed by atoms with Gasteiger partial charge in [0, 0.05) is 0 Å². The molecule has 9 heteroatoms. The number of halogens is 1. The smallest absolute Gasteiger partial charge is 0.270 e. The van der Waals surface area contributed by atoms with E-state index in [2.05, 4.69) is 5.32 Å². The fourth-order valence-corrected chi connectivity index (χ4v) is 2.74. The number of nitrogens with zero attached hydrogens (tertiary/aromatic N) is 1. The van der Waals surface area contributed by atoms with Crippen LogP contribution in [0.5, 0.6) is 5.75 Å². The Bertz CT molecular complexity index is 987. The number of amides is 3. The van der Waals surface area contributed by atoms with Gasteiger partial charge in [0.25, 0.3) is 17.7 Å². The van der Waals surface area contributed by atoms with Crippen molar-refractivity contribution in [3.05, 3.63) is 65.5 Å². The number of nitrogens with one attached hydrogen (secondary N) is 1. The highest BCUT2D eigenvalue weighted by atomic mass is 32.1. The van der Waals surface area contributed by atoms with E-state index in [0.29, 0.717) is 17.0 Å². The van der Waals surface area contributed by atoms with Crippen molar-refractivity contribution < 1.29 is 23.5 Å². The van der Waals surface area contributed by atoms with E-state index in [1.807, 2.05) is 0 Å². The van der Waals surface area contributed by atoms with Crippen molar-refractivity contribution in [3.8, 4) is 5.75 Å². The van der Waals surface area contributed by atoms with E-state index in [9.17, 15) is 18.8 Å². The van der Waals surface area contributed by atoms with Gasteiger partial charge in [0.2, 0.25) is 0 Å². The van der Waals surface area contributed by atoms with Crippen LogP contribution in [-0.4, -0.2) is 29.4 Å². The fourth-order valence-electron chi connectivity index (χ4n) is 2.46. The maximum absolute atomic E-state index is 13.2. The van der Waals surface area contributed by atoms with Gasteiger partial charge in [0.15, 0.2) is 11.7 Å². The van der Waals surface area contributed by atoms with Crippen molar-refractivity contribution in [1.29, 1.82) is 0 Å². The summed E-state index contributed by atoms with van der Waals surface area (Å²) in [6, 6.07) is 11.5. The van der Waals surface area contributed by atoms with Gasteiger partial charge in [-0.1, -0.05) is 12.1 Å². The van der Waals surface area contributed by atoms with Gasteiger partial charge in [0.05, 0.1) is 5.69 Å². The molecular formula is C19H14FN3O4S. The number of rotatable bonds is 5. The third-order valence-electron chi connectivity index (χ3n) is 3.76. The summed E-state index contributed by atoms with van der Waals surface area (Å²) in [5, 5.41) is 2.36. The molecule has 1 saturated heterocycles. The van der Waals surface area contributed by atoms with Crippen molar-refractivity contribution >= 4 is 46.8 Å². The predicted molar refractivity (Wildman–Crippen MR) is 104 cm³/mol. The van der Waals surface area contributed by atoms with Gasteiger partial charge in [-0.05, 0) is 60.3 Å². The fraction of sp³-hybridized carbons (Fsp3) is 0.0526. The third-order valence-corrected chi connectivity index (χ3v) is 4.04. The molecule has 0 spiro atoms. The number of hydrogen-bond acceptors (Lipinski definition) is 5. The molecule has 7 nitrogen and oxygen atoms in total. The maximum Gasteiger partial charge on any atom is 0.270 e. The highest BCUT2D eigenvalue weighted by Gasteiger charge is 2.34. The number of carbonyl (C=O) groups excluding carboxylic acids is 3. The summed E-state index contributed by atoms with van der Waals surface area (Å²) in [5.74, 6) is -1.92. The minimum atomic E-state index is -0.637. The summed E-state index contributed by atoms with van der Waals surface area (Å²) < 4.78 is 18.3. The molecular weight excluding hydrogens is 385 g/mol. The van der Waals surface area contributed by atoms with E-state index in [0.717, 1.165) is 4.90 Å². The van der Waals surface area contributed by atoms with Gasteiger partial charge >= 0.3 is 0 Å². The molecule has 0 aromatic heterocycles. The summed E-state index contributed by atoms with van der Waals surface area (Å²) >= 11 is 5.08. The summed E-state index contributed by atoms with van der Waals surface area (Å²) in [6.45, 7) is -0.259. The number of nitrogens with two attached hydrogens (primary N) is 1. The van der Waals surface area contributed by atoms with E-state index >= 15 is 0 Å². The first-order valence-corrected chi connectivity index (χ1v) is 8.44. The molecule has 1 aliphatic heterocycles. The van der Waals surface area contributed by atoms with Crippen LogP contribution in [0.4, 0.5) is 10.1 Å². The van der Waals surface area contributed by atoms with Crippen molar-refractivity contribution in [3.63, 3.8) is 0 Å². The second kappa shape index (κ2) is 7.97. The van der Waals surface area contributed by atoms with Crippen LogP contribution in [0.2, 0.25) is 0 Å². The number of anilines is 1. The molecule has 0 saturated carbocycles. The maximum atomic E-state index is 13.2. The first-order valence-electron chi connectivity index (χ1n) is 8.03. The number of benzene rings is 2. The Hall–Kier alpha value is -3.59. The third kappa shape index (κ3) is 4.21. The minimum absolute atomic E-state index is 0.0889. The van der Waals surface area contributed by atoms with Crippen LogP contribution >= 0.6 is 12.2 Å². The SMILES string of the molecule is NC(=O)COc1ccc(C=C2C(=O)NC(=S)N(c3ccc(F)cc3)C2=O)cc1. The second-order valence-electron chi connectivity index (χ2n) is 5.76. The molecule has 3 amide bonds. The van der Waals surface area contributed by atoms with Crippen molar-refractivity contribution in [2.45, 2.75) is 0 Å². The second-order valence-corrected chi connectivity index (χ2v) is 6.14. The van der Waals surface area contributed by atoms with Gasteiger partial charge in [0.1, 0.15) is 17.1 Å². The monoisotopic (exact) mass is 399 g/mol. The largest absolute Gasteiger partial charge is 0.484 e. The van der Waals surface area contributed by atoms with Gasteiger partial charge in [-0.15, -0.1) is 0 Å². The highest BCUT2D eigenvalue weighted by molar-refractivity contribution is 7.80. The topological polar surface area (TPSA) is 102 Å². The van der Waals surface area contributed by atoms with E-state index in [1.54, 1.807) is 24.3 Å². The number of hydrogen-bond donors (Lipinski definition) is 2. The first kappa shape index (κ1) is 19.2. The van der Waals surface area contributed by atoms with Crippen LogP contribution in [0.25, 0.3) is 6.08 Å². The molecule has 0 unspecified atom stereocenters. The van der Waals surface area contributed by atoms with Crippen LogP contribution in [0.15, 0.2) is 54.1 Å². The normalized spacial score (nSPS) is 15.5. The summed E-state index contributed by atoms with van der Waals surface area (Å²) in [5.41, 5.74) is 5.76. The standard InChI is InChI=1S/C19H14FN3O4S/c20-12-3-5-13(6-4-12)23-18(26)15(17(25)22-19(23)28)9-11-1-7-14(8-2-11)27-10-16(21)24/h1-9H,10H2,(H2,21,24)(H,22,25,28). The Labute approximate surface area is 164 Å². The number of primary amides is 1. The molecule has 3 N–H and O–H groups in total. The highest BCUT2D eigenvalue weighted by Crippen LogP contribution is 2.23. The van der Waals surface area contributed by atoms with E-state index in [1.165, 1.54) is 30.3 Å². The van der Waals surface area contributed by atoms with Crippen LogP contribution in [0, 0.1) is 5.82 Å². The number of thiocarbonyl (C=S) groups is 1. The van der Waals surface area contributed by atoms with Crippen LogP contribution in [0.1, 0.15) is 5.56 Å². The Morgan fingerprint density at radius 2 is 1.79 bits per heavy atom. The lowest BCUT2D eigenvalue weighted by molar-refractivity contribution is -0.122. The molecule has 0 atom stereocenters. The average Bonchev–Trinajstić information content (AvgIpc) is 2.66. The Balaban J connectivity index is 1.86. The molecule has 1 aliphatic rings. The van der Waals surface area contributed by atoms with Crippen LogP contribution in [-0.2, 0) is 14.4 Å². The zero-order valence-corrected chi connectivity index (χ0v) is 15.2. The van der Waals surface area contributed by atoms with Gasteiger partial charge in [-0.25, -0.2) is 4.39 Å². The zero-order valence-electron chi connectivity index (χ0n) is 14.3. The lowest BCUT2D eigenvalue weighted by Gasteiger charge is -2.28. The molecule has 2 aromatic rings. The van der Waals surface area contributed by atoms with Crippen LogP contribution in [0.3, 0.4) is 0 Å². The zero-order chi connectivity index (χ0) is 20.3. The Morgan fingerprint density at radius 3 is 2.39 bits per heavy atom. The van der Waals surface area contributed by atoms with E-state index < -0.39 is 23.5 Å². The lowest BCUT2D eigenvalue weighted by atomic mass is 10.1. The molecule has 1 fully saturated rings. The van der Waals surface area contributed by atoms with E-state index in [4.69, 9.17) is 22.7 Å². The quantitative estimate of drug-likeness (QED) is 0.451. The molecule has 3 rings (SSSR count). The summed E-state index contributed by atoms with van der Waals surface area (Å²) in [7, 11) is 0. The first-order chi connectivity index (χ1) is 13.3. The number of ether oxygens (including phenoxy) is 1. The Morgan fingerprint density at radius 1 is 1.14 bits per heavy atom. The Kier molecular flexibility index (Phi) is 5.46. The minimum Gasteiger partial charge on any atom is -0.484 e. The van der Waals surface area contributed by atoms with Crippen LogP contribution < -0.4 is 20.7 Å². The van der Waals surface area contributed by atoms with Crippen molar-refractivity contribution in [2.75, 3.05) is 11.5 Å². The molecule has 2 aromatic carbocycles. The summed E-state index contributed by atoms with van der Waals surface area (Å²) in [4.78, 5) is 36.9. The molecule has 0 radical (unpaired) electrons. The summed E-state index contributed by atoms with van der Waals surface area (Å²) in [6.07, 6.45) is 1.40. The van der Waals surface area contributed by atoms with E-state index in [-0.39, 0.29) is 17.3 Å². The number of carbonyl (C=O) groups is 3. The predicted octanol–water partition coefficient (Wildman–Crippen LogP) is 1.52. The van der Waals surface area contributed by atoms with Gasteiger partial charge in [-0.2, -0.15) is 0 Å². The molecule has 28 heavy (non-hydrogen) atoms. The average molecular weight is 399 g/mol. The van der Waals surface area contributed by atoms with Gasteiger partial charge < -0.3 is 10.5 Å².